The van der Waals surface area contributed by atoms with Crippen molar-refractivity contribution in [2.24, 2.45) is 0 Å². The van der Waals surface area contributed by atoms with Gasteiger partial charge in [-0.2, -0.15) is 5.26 Å². The molecule has 32 heavy (non-hydrogen) atoms. The number of nitrogens with zero attached hydrogens (tertiary/aromatic N) is 2. The number of benzene rings is 3. The molecule has 3 amide bonds. The van der Waals surface area contributed by atoms with Crippen molar-refractivity contribution >= 4 is 35.2 Å². The Morgan fingerprint density at radius 1 is 0.969 bits per heavy atom. The maximum absolute atomic E-state index is 12.7. The van der Waals surface area contributed by atoms with E-state index in [2.05, 4.69) is 5.32 Å². The van der Waals surface area contributed by atoms with Crippen LogP contribution in [0.5, 0.6) is 5.75 Å². The molecule has 0 atom stereocenters. The van der Waals surface area contributed by atoms with E-state index in [1.165, 1.54) is 6.08 Å². The van der Waals surface area contributed by atoms with Gasteiger partial charge in [-0.25, -0.2) is 4.90 Å². The van der Waals surface area contributed by atoms with Crippen LogP contribution in [0.25, 0.3) is 6.08 Å². The summed E-state index contributed by atoms with van der Waals surface area (Å²) in [7, 11) is 0. The second-order valence-corrected chi connectivity index (χ2v) is 6.88. The molecule has 0 aromatic heterocycles. The first kappa shape index (κ1) is 20.6. The van der Waals surface area contributed by atoms with E-state index < -0.39 is 11.8 Å². The summed E-state index contributed by atoms with van der Waals surface area (Å²) in [5.41, 5.74) is 2.34. The Labute approximate surface area is 184 Å². The first-order chi connectivity index (χ1) is 15.6. The number of hydrogen-bond donors (Lipinski definition) is 1. The summed E-state index contributed by atoms with van der Waals surface area (Å²) >= 11 is 0. The maximum atomic E-state index is 12.7. The molecule has 7 heteroatoms. The third kappa shape index (κ3) is 4.25. The Morgan fingerprint density at radius 2 is 1.66 bits per heavy atom. The third-order valence-corrected chi connectivity index (χ3v) is 4.78. The predicted molar refractivity (Wildman–Crippen MR) is 119 cm³/mol. The predicted octanol–water partition coefficient (Wildman–Crippen LogP) is 4.04. The molecule has 0 saturated heterocycles. The van der Waals surface area contributed by atoms with Gasteiger partial charge < -0.3 is 10.1 Å². The molecule has 156 valence electrons. The molecule has 4 rings (SSSR count). The fourth-order valence-corrected chi connectivity index (χ4v) is 3.29. The van der Waals surface area contributed by atoms with E-state index in [1.54, 1.807) is 78.9 Å². The van der Waals surface area contributed by atoms with Crippen molar-refractivity contribution < 1.29 is 19.1 Å². The van der Waals surface area contributed by atoms with Crippen LogP contribution in [0, 0.1) is 11.3 Å². The van der Waals surface area contributed by atoms with Gasteiger partial charge in [0.2, 0.25) is 5.91 Å². The highest BCUT2D eigenvalue weighted by Crippen LogP contribution is 2.29. The van der Waals surface area contributed by atoms with Crippen LogP contribution in [-0.2, 0) is 4.79 Å². The summed E-state index contributed by atoms with van der Waals surface area (Å²) < 4.78 is 5.19. The summed E-state index contributed by atoms with van der Waals surface area (Å²) in [4.78, 5) is 38.8. The first-order valence-corrected chi connectivity index (χ1v) is 9.73. The van der Waals surface area contributed by atoms with E-state index in [4.69, 9.17) is 10.00 Å². The van der Waals surface area contributed by atoms with Gasteiger partial charge in [0.25, 0.3) is 11.8 Å². The van der Waals surface area contributed by atoms with Gasteiger partial charge in [-0.3, -0.25) is 14.4 Å². The van der Waals surface area contributed by atoms with Crippen molar-refractivity contribution in [1.29, 1.82) is 5.26 Å². The number of nitrogens with one attached hydrogen (secondary N) is 1. The molecule has 0 spiro atoms. The fourth-order valence-electron chi connectivity index (χ4n) is 3.29. The van der Waals surface area contributed by atoms with Crippen molar-refractivity contribution in [3.8, 4) is 11.8 Å². The second-order valence-electron chi connectivity index (χ2n) is 6.88. The number of nitriles is 1. The first-order valence-electron chi connectivity index (χ1n) is 9.73. The van der Waals surface area contributed by atoms with Crippen molar-refractivity contribution in [2.45, 2.75) is 0 Å². The Balaban J connectivity index is 1.44. The SMILES string of the molecule is N#CCOc1ccc(/C=C/C(=O)Nc2cccc(N3C(=O)c4ccccc4C3=O)c2)cc1. The number of ether oxygens (including phenoxy) is 1. The lowest BCUT2D eigenvalue weighted by atomic mass is 10.1. The lowest BCUT2D eigenvalue weighted by molar-refractivity contribution is -0.111. The van der Waals surface area contributed by atoms with Gasteiger partial charge in [0, 0.05) is 11.8 Å². The minimum atomic E-state index is -0.392. The number of hydrogen-bond acceptors (Lipinski definition) is 5. The number of rotatable bonds is 6. The van der Waals surface area contributed by atoms with Crippen molar-refractivity contribution in [3.05, 3.63) is 95.6 Å². The van der Waals surface area contributed by atoms with Gasteiger partial charge >= 0.3 is 0 Å². The topological polar surface area (TPSA) is 99.5 Å². The van der Waals surface area contributed by atoms with Gasteiger partial charge in [0.1, 0.15) is 11.8 Å². The molecule has 0 saturated carbocycles. The molecule has 3 aromatic carbocycles. The molecule has 0 bridgehead atoms. The average molecular weight is 423 g/mol. The molecule has 1 heterocycles. The molecule has 1 aliphatic rings. The molecule has 1 N–H and O–H groups in total. The van der Waals surface area contributed by atoms with Crippen molar-refractivity contribution in [1.82, 2.24) is 0 Å². The average Bonchev–Trinajstić information content (AvgIpc) is 3.07. The summed E-state index contributed by atoms with van der Waals surface area (Å²) in [5.74, 6) is -0.584. The van der Waals surface area contributed by atoms with Gasteiger partial charge in [0.15, 0.2) is 6.61 Å². The van der Waals surface area contributed by atoms with Crippen LogP contribution in [0.1, 0.15) is 26.3 Å². The third-order valence-electron chi connectivity index (χ3n) is 4.78. The Bertz CT molecular complexity index is 1240. The highest BCUT2D eigenvalue weighted by molar-refractivity contribution is 6.34. The van der Waals surface area contributed by atoms with Gasteiger partial charge in [0.05, 0.1) is 16.8 Å². The lowest BCUT2D eigenvalue weighted by Gasteiger charge is -2.15. The van der Waals surface area contributed by atoms with E-state index >= 15 is 0 Å². The zero-order chi connectivity index (χ0) is 22.5. The number of carbonyl (C=O) groups is 3. The van der Waals surface area contributed by atoms with Crippen LogP contribution in [0.4, 0.5) is 11.4 Å². The van der Waals surface area contributed by atoms with Crippen LogP contribution in [-0.4, -0.2) is 24.3 Å². The minimum Gasteiger partial charge on any atom is -0.479 e. The van der Waals surface area contributed by atoms with Crippen LogP contribution < -0.4 is 15.0 Å². The van der Waals surface area contributed by atoms with E-state index in [0.29, 0.717) is 28.3 Å². The van der Waals surface area contributed by atoms with Crippen LogP contribution >= 0.6 is 0 Å². The van der Waals surface area contributed by atoms with Crippen molar-refractivity contribution in [2.75, 3.05) is 16.8 Å². The van der Waals surface area contributed by atoms with Gasteiger partial charge in [-0.05, 0) is 54.1 Å². The fraction of sp³-hybridized carbons (Fsp3) is 0.0400. The van der Waals surface area contributed by atoms with E-state index in [0.717, 1.165) is 10.5 Å². The number of imide groups is 1. The Kier molecular flexibility index (Phi) is 5.77. The second kappa shape index (κ2) is 8.98. The van der Waals surface area contributed by atoms with Crippen molar-refractivity contribution in [3.63, 3.8) is 0 Å². The minimum absolute atomic E-state index is 0.0304. The normalized spacial score (nSPS) is 12.5. The maximum Gasteiger partial charge on any atom is 0.266 e. The van der Waals surface area contributed by atoms with Crippen LogP contribution in [0.3, 0.4) is 0 Å². The lowest BCUT2D eigenvalue weighted by Crippen LogP contribution is -2.29. The van der Waals surface area contributed by atoms with Crippen LogP contribution in [0.2, 0.25) is 0 Å². The zero-order valence-corrected chi connectivity index (χ0v) is 16.8. The number of anilines is 2. The number of carbonyl (C=O) groups excluding carboxylic acids is 3. The highest BCUT2D eigenvalue weighted by atomic mass is 16.5. The van der Waals surface area contributed by atoms with E-state index in [1.807, 2.05) is 6.07 Å². The molecule has 0 unspecified atom stereocenters. The molecule has 0 fully saturated rings. The summed E-state index contributed by atoms with van der Waals surface area (Å²) in [6.45, 7) is -0.0304. The summed E-state index contributed by atoms with van der Waals surface area (Å²) in [6.07, 6.45) is 3.01. The molecular weight excluding hydrogens is 406 g/mol. The largest absolute Gasteiger partial charge is 0.479 e. The van der Waals surface area contributed by atoms with Crippen LogP contribution in [0.15, 0.2) is 78.9 Å². The summed E-state index contributed by atoms with van der Waals surface area (Å²) in [5, 5.41) is 11.3. The molecule has 0 aliphatic carbocycles. The quantitative estimate of drug-likeness (QED) is 0.476. The molecule has 1 aliphatic heterocycles. The van der Waals surface area contributed by atoms with Gasteiger partial charge in [-0.1, -0.05) is 30.3 Å². The molecule has 7 nitrogen and oxygen atoms in total. The molecular formula is C25H17N3O4. The number of amides is 3. The Morgan fingerprint density at radius 3 is 2.31 bits per heavy atom. The number of fused-ring (bicyclic) bond motifs is 1. The smallest absolute Gasteiger partial charge is 0.266 e. The zero-order valence-electron chi connectivity index (χ0n) is 16.8. The van der Waals surface area contributed by atoms with Gasteiger partial charge in [-0.15, -0.1) is 0 Å². The Hall–Kier alpha value is -4.70. The highest BCUT2D eigenvalue weighted by Gasteiger charge is 2.36. The molecule has 3 aromatic rings. The van der Waals surface area contributed by atoms with E-state index in [-0.39, 0.29) is 12.5 Å². The monoisotopic (exact) mass is 423 g/mol. The summed E-state index contributed by atoms with van der Waals surface area (Å²) in [6, 6.07) is 22.1. The van der Waals surface area contributed by atoms with E-state index in [9.17, 15) is 14.4 Å². The molecule has 0 radical (unpaired) electrons. The standard InChI is InChI=1S/C25H17N3O4/c26-14-15-32-20-11-8-17(9-12-20)10-13-23(29)27-18-4-3-5-19(16-18)28-24(30)21-6-1-2-7-22(21)25(28)31/h1-13,16H,15H2,(H,27,29)/b13-10+.